The Labute approximate surface area is 220 Å². The minimum absolute atomic E-state index is 0.0414. The molecule has 5 rings (SSSR count). The lowest BCUT2D eigenvalue weighted by Gasteiger charge is -2.23. The van der Waals surface area contributed by atoms with Crippen LogP contribution in [0.15, 0.2) is 60.7 Å². The average Bonchev–Trinajstić information content (AvgIpc) is 3.17. The van der Waals surface area contributed by atoms with Crippen LogP contribution in [-0.4, -0.2) is 50.1 Å². The minimum Gasteiger partial charge on any atom is -0.496 e. The van der Waals surface area contributed by atoms with E-state index in [2.05, 4.69) is 26.1 Å². The first-order chi connectivity index (χ1) is 18.2. The zero-order valence-electron chi connectivity index (χ0n) is 20.9. The molecule has 0 fully saturated rings. The fourth-order valence-corrected chi connectivity index (χ4v) is 5.06. The van der Waals surface area contributed by atoms with E-state index in [9.17, 15) is 18.0 Å². The van der Waals surface area contributed by atoms with Gasteiger partial charge in [0.1, 0.15) is 11.3 Å². The molecule has 0 saturated heterocycles. The van der Waals surface area contributed by atoms with E-state index in [0.29, 0.717) is 28.8 Å². The third-order valence-electron chi connectivity index (χ3n) is 6.34. The molecule has 4 aromatic rings. The molecule has 11 heteroatoms. The van der Waals surface area contributed by atoms with Crippen LogP contribution in [0.1, 0.15) is 39.1 Å². The van der Waals surface area contributed by atoms with Crippen molar-refractivity contribution in [3.8, 4) is 5.75 Å². The van der Waals surface area contributed by atoms with E-state index >= 15 is 0 Å². The summed E-state index contributed by atoms with van der Waals surface area (Å²) in [4.78, 5) is 35.7. The van der Waals surface area contributed by atoms with Gasteiger partial charge >= 0.3 is 0 Å². The largest absolute Gasteiger partial charge is 0.496 e. The van der Waals surface area contributed by atoms with Gasteiger partial charge in [0.05, 0.1) is 30.1 Å². The van der Waals surface area contributed by atoms with Crippen LogP contribution >= 0.6 is 0 Å². The Bertz CT molecular complexity index is 1650. The Morgan fingerprint density at radius 3 is 2.66 bits per heavy atom. The lowest BCUT2D eigenvalue weighted by atomic mass is 10.1. The number of H-pyrrole nitrogens is 1. The summed E-state index contributed by atoms with van der Waals surface area (Å²) < 4.78 is 30.9. The number of nitrogens with one attached hydrogen (secondary N) is 3. The number of imidazole rings is 1. The first-order valence-electron chi connectivity index (χ1n) is 12.1. The number of hydrogen-bond acceptors (Lipinski definition) is 6. The monoisotopic (exact) mass is 533 g/mol. The number of carbonyl (C=O) groups is 2. The number of aryl methyl sites for hydroxylation is 1. The van der Waals surface area contributed by atoms with Gasteiger partial charge in [0.15, 0.2) is 0 Å². The van der Waals surface area contributed by atoms with Crippen molar-refractivity contribution in [2.24, 2.45) is 0 Å². The van der Waals surface area contributed by atoms with Gasteiger partial charge in [-0.3, -0.25) is 14.3 Å². The smallest absolute Gasteiger partial charge is 0.259 e. The lowest BCUT2D eigenvalue weighted by molar-refractivity contribution is 0.0982. The Balaban J connectivity index is 1.41. The molecule has 1 aromatic heterocycles. The fraction of sp³-hybridized carbons (Fsp3) is 0.222. The van der Waals surface area contributed by atoms with Gasteiger partial charge in [-0.2, -0.15) is 0 Å². The van der Waals surface area contributed by atoms with Gasteiger partial charge in [0.25, 0.3) is 11.8 Å². The van der Waals surface area contributed by atoms with E-state index in [-0.39, 0.29) is 23.2 Å². The van der Waals surface area contributed by atoms with Crippen LogP contribution in [0, 0.1) is 0 Å². The highest BCUT2D eigenvalue weighted by Gasteiger charge is 2.24. The molecular formula is C27H27N5O5S. The number of methoxy groups -OCH3 is 1. The molecule has 0 saturated carbocycles. The molecule has 0 bridgehead atoms. The molecule has 38 heavy (non-hydrogen) atoms. The second kappa shape index (κ2) is 10.2. The Morgan fingerprint density at radius 2 is 1.87 bits per heavy atom. The topological polar surface area (TPSA) is 133 Å². The molecule has 0 spiro atoms. The molecule has 0 radical (unpaired) electrons. The number of carbonyl (C=O) groups excluding carboxylic acids is 2. The number of aromatic nitrogens is 2. The maximum atomic E-state index is 13.5. The third kappa shape index (κ3) is 5.18. The summed E-state index contributed by atoms with van der Waals surface area (Å²) in [6, 6.07) is 17.8. The molecule has 10 nitrogen and oxygen atoms in total. The predicted octanol–water partition coefficient (Wildman–Crippen LogP) is 4.18. The van der Waals surface area contributed by atoms with Crippen LogP contribution < -0.4 is 19.7 Å². The van der Waals surface area contributed by atoms with Crippen molar-refractivity contribution in [1.82, 2.24) is 9.97 Å². The molecule has 0 unspecified atom stereocenters. The Kier molecular flexibility index (Phi) is 6.77. The zero-order chi connectivity index (χ0) is 26.9. The predicted molar refractivity (Wildman–Crippen MR) is 147 cm³/mol. The maximum absolute atomic E-state index is 13.5. The van der Waals surface area contributed by atoms with E-state index in [4.69, 9.17) is 4.74 Å². The molecule has 196 valence electrons. The SMILES string of the molecule is COc1cc(C(=O)N2CCCCc3ccccc32)ccc1C(=O)Nc1cccc2[nH]c(NS(C)(=O)=O)nc12. The summed E-state index contributed by atoms with van der Waals surface area (Å²) in [6.07, 6.45) is 3.86. The molecule has 1 aliphatic rings. The van der Waals surface area contributed by atoms with Crippen molar-refractivity contribution in [2.75, 3.05) is 34.8 Å². The molecule has 0 atom stereocenters. The van der Waals surface area contributed by atoms with Gasteiger partial charge in [0, 0.05) is 17.8 Å². The molecular weight excluding hydrogens is 506 g/mol. The van der Waals surface area contributed by atoms with Gasteiger partial charge < -0.3 is 19.9 Å². The van der Waals surface area contributed by atoms with Crippen molar-refractivity contribution in [3.05, 3.63) is 77.4 Å². The number of aromatic amines is 1. The van der Waals surface area contributed by atoms with E-state index in [1.54, 1.807) is 41.3 Å². The van der Waals surface area contributed by atoms with Crippen LogP contribution in [0.5, 0.6) is 5.75 Å². The van der Waals surface area contributed by atoms with Gasteiger partial charge in [-0.05, 0) is 61.2 Å². The molecule has 2 amide bonds. The molecule has 3 aromatic carbocycles. The second-order valence-corrected chi connectivity index (χ2v) is 10.8. The van der Waals surface area contributed by atoms with Crippen LogP contribution in [-0.2, 0) is 16.4 Å². The number of ether oxygens (including phenoxy) is 1. The highest BCUT2D eigenvalue weighted by molar-refractivity contribution is 7.92. The highest BCUT2D eigenvalue weighted by Crippen LogP contribution is 2.30. The normalized spacial score (nSPS) is 13.5. The highest BCUT2D eigenvalue weighted by atomic mass is 32.2. The number of amides is 2. The number of rotatable bonds is 6. The van der Waals surface area contributed by atoms with E-state index < -0.39 is 15.9 Å². The maximum Gasteiger partial charge on any atom is 0.259 e. The third-order valence-corrected chi connectivity index (χ3v) is 6.91. The summed E-state index contributed by atoms with van der Waals surface area (Å²) in [5.41, 5.74) is 4.02. The first-order valence-corrected chi connectivity index (χ1v) is 14.0. The fourth-order valence-electron chi connectivity index (χ4n) is 4.62. The van der Waals surface area contributed by atoms with Crippen molar-refractivity contribution < 1.29 is 22.7 Å². The molecule has 2 heterocycles. The van der Waals surface area contributed by atoms with Gasteiger partial charge in [-0.15, -0.1) is 0 Å². The van der Waals surface area contributed by atoms with Crippen LogP contribution in [0.25, 0.3) is 11.0 Å². The number of hydrogen-bond donors (Lipinski definition) is 3. The summed E-state index contributed by atoms with van der Waals surface area (Å²) in [5.74, 6) is -0.323. The van der Waals surface area contributed by atoms with Gasteiger partial charge in [-0.25, -0.2) is 13.4 Å². The Hall–Kier alpha value is -4.38. The summed E-state index contributed by atoms with van der Waals surface area (Å²) in [6.45, 7) is 0.615. The zero-order valence-corrected chi connectivity index (χ0v) is 21.8. The summed E-state index contributed by atoms with van der Waals surface area (Å²) in [5, 5.41) is 2.81. The number of nitrogens with zero attached hydrogens (tertiary/aromatic N) is 2. The number of benzene rings is 3. The van der Waals surface area contributed by atoms with Crippen molar-refractivity contribution in [2.45, 2.75) is 19.3 Å². The standard InChI is InChI=1S/C27H27N5O5S/c1-37-23-16-18(26(34)32-15-6-5-9-17-8-3-4-12-22(17)32)13-14-19(23)25(33)28-20-10-7-11-21-24(20)30-27(29-21)31-38(2,35)36/h3-4,7-8,10-14,16H,5-6,9,15H2,1-2H3,(H,28,33)(H2,29,30,31). The Morgan fingerprint density at radius 1 is 1.05 bits per heavy atom. The van der Waals surface area contributed by atoms with Crippen LogP contribution in [0.3, 0.4) is 0 Å². The molecule has 1 aliphatic heterocycles. The van der Waals surface area contributed by atoms with E-state index in [1.807, 2.05) is 18.2 Å². The number of anilines is 3. The lowest BCUT2D eigenvalue weighted by Crippen LogP contribution is -2.31. The van der Waals surface area contributed by atoms with Crippen LogP contribution in [0.4, 0.5) is 17.3 Å². The summed E-state index contributed by atoms with van der Waals surface area (Å²) >= 11 is 0. The van der Waals surface area contributed by atoms with Gasteiger partial charge in [-0.1, -0.05) is 24.3 Å². The number of para-hydroxylation sites is 2. The van der Waals surface area contributed by atoms with Crippen molar-refractivity contribution in [3.63, 3.8) is 0 Å². The van der Waals surface area contributed by atoms with Crippen LogP contribution in [0.2, 0.25) is 0 Å². The average molecular weight is 534 g/mol. The van der Waals surface area contributed by atoms with Crippen molar-refractivity contribution in [1.29, 1.82) is 0 Å². The van der Waals surface area contributed by atoms with E-state index in [0.717, 1.165) is 36.8 Å². The molecule has 0 aliphatic carbocycles. The number of fused-ring (bicyclic) bond motifs is 2. The van der Waals surface area contributed by atoms with Gasteiger partial charge in [0.2, 0.25) is 16.0 Å². The minimum atomic E-state index is -3.53. The van der Waals surface area contributed by atoms with E-state index in [1.165, 1.54) is 7.11 Å². The quantitative estimate of drug-likeness (QED) is 0.341. The number of sulfonamides is 1. The second-order valence-electron chi connectivity index (χ2n) is 9.07. The van der Waals surface area contributed by atoms with Crippen molar-refractivity contribution >= 4 is 50.2 Å². The summed E-state index contributed by atoms with van der Waals surface area (Å²) in [7, 11) is -2.09. The molecule has 3 N–H and O–H groups in total. The first kappa shape index (κ1) is 25.3.